The SMILES string of the molecule is COC(=O)c1sc(Nc2cc(OC3CCN(C(=O)O)C(C(C)(C)C)C3)ccc2N)cc1OCC[Si](C)(C)C. The molecule has 1 aromatic carbocycles. The largest absolute Gasteiger partial charge is 0.492 e. The Hall–Kier alpha value is -2.92. The summed E-state index contributed by atoms with van der Waals surface area (Å²) in [6.07, 6.45) is 0.199. The number of carboxylic acid groups (broad SMARTS) is 1. The smallest absolute Gasteiger partial charge is 0.407 e. The van der Waals surface area contributed by atoms with Crippen molar-refractivity contribution in [2.75, 3.05) is 31.3 Å². The van der Waals surface area contributed by atoms with E-state index in [9.17, 15) is 14.7 Å². The second kappa shape index (κ2) is 11.9. The lowest BCUT2D eigenvalue weighted by Gasteiger charge is -2.44. The van der Waals surface area contributed by atoms with Gasteiger partial charge in [0.25, 0.3) is 0 Å². The Kier molecular flexibility index (Phi) is 9.24. The third kappa shape index (κ3) is 7.79. The first-order valence-corrected chi connectivity index (χ1v) is 17.4. The lowest BCUT2D eigenvalue weighted by Crippen LogP contribution is -2.53. The van der Waals surface area contributed by atoms with Crippen molar-refractivity contribution in [2.24, 2.45) is 5.41 Å². The monoisotopic (exact) mass is 563 g/mol. The number of likely N-dealkylation sites (tertiary alicyclic amines) is 1. The Bertz CT molecular complexity index is 1140. The molecule has 1 fully saturated rings. The van der Waals surface area contributed by atoms with Gasteiger partial charge < -0.3 is 35.3 Å². The van der Waals surface area contributed by atoms with Gasteiger partial charge in [-0.05, 0) is 23.6 Å². The third-order valence-electron chi connectivity index (χ3n) is 6.56. The lowest BCUT2D eigenvalue weighted by atomic mass is 9.80. The van der Waals surface area contributed by atoms with E-state index >= 15 is 0 Å². The maximum Gasteiger partial charge on any atom is 0.407 e. The van der Waals surface area contributed by atoms with Crippen LogP contribution in [0.4, 0.5) is 21.2 Å². The summed E-state index contributed by atoms with van der Waals surface area (Å²) in [5.74, 6) is 0.684. The molecule has 0 radical (unpaired) electrons. The molecule has 0 saturated carbocycles. The number of nitrogens with zero attached hydrogens (tertiary/aromatic N) is 1. The average molecular weight is 564 g/mol. The van der Waals surface area contributed by atoms with Gasteiger partial charge in [-0.1, -0.05) is 40.4 Å². The van der Waals surface area contributed by atoms with Gasteiger partial charge in [-0.3, -0.25) is 0 Å². The van der Waals surface area contributed by atoms with Gasteiger partial charge in [-0.25, -0.2) is 9.59 Å². The summed E-state index contributed by atoms with van der Waals surface area (Å²) in [4.78, 5) is 26.0. The van der Waals surface area contributed by atoms with E-state index in [1.165, 1.54) is 23.3 Å². The first kappa shape index (κ1) is 29.6. The Morgan fingerprint density at radius 3 is 2.55 bits per heavy atom. The molecule has 1 aromatic heterocycles. The number of carbonyl (C=O) groups is 2. The number of carbonyl (C=O) groups excluding carboxylic acids is 1. The van der Waals surface area contributed by atoms with Crippen LogP contribution in [0.15, 0.2) is 24.3 Å². The number of esters is 1. The van der Waals surface area contributed by atoms with E-state index in [0.29, 0.717) is 58.7 Å². The number of ether oxygens (including phenoxy) is 3. The predicted octanol–water partition coefficient (Wildman–Crippen LogP) is 6.51. The molecule has 9 nitrogen and oxygen atoms in total. The van der Waals surface area contributed by atoms with Crippen LogP contribution in [0.5, 0.6) is 11.5 Å². The molecule has 1 aliphatic rings. The number of amides is 1. The summed E-state index contributed by atoms with van der Waals surface area (Å²) >= 11 is 1.24. The topological polar surface area (TPSA) is 123 Å². The van der Waals surface area contributed by atoms with Gasteiger partial charge in [0.05, 0.1) is 30.1 Å². The van der Waals surface area contributed by atoms with Gasteiger partial charge in [0, 0.05) is 45.6 Å². The van der Waals surface area contributed by atoms with Gasteiger partial charge in [0.15, 0.2) is 4.88 Å². The molecule has 0 spiro atoms. The van der Waals surface area contributed by atoms with Crippen LogP contribution in [-0.2, 0) is 4.74 Å². The predicted molar refractivity (Wildman–Crippen MR) is 155 cm³/mol. The number of nitrogen functional groups attached to an aromatic ring is 1. The standard InChI is InChI=1S/C27H41N3O6SSi/c1-27(2,3)22-15-18(10-11-30(22)26(32)33)36-17-8-9-19(28)20(14-17)29-23-16-21(24(37-23)25(31)34-4)35-12-13-38(5,6)7/h8-9,14,16,18,22,29H,10-13,15,28H2,1-7H3,(H,32,33). The maximum absolute atomic E-state index is 12.4. The van der Waals surface area contributed by atoms with Crippen LogP contribution < -0.4 is 20.5 Å². The molecule has 0 bridgehead atoms. The molecule has 2 heterocycles. The van der Waals surface area contributed by atoms with E-state index in [2.05, 4.69) is 25.0 Å². The van der Waals surface area contributed by atoms with Crippen LogP contribution in [-0.4, -0.2) is 62.6 Å². The fraction of sp³-hybridized carbons (Fsp3) is 0.556. The van der Waals surface area contributed by atoms with E-state index in [0.717, 1.165) is 6.04 Å². The van der Waals surface area contributed by atoms with Crippen molar-refractivity contribution in [2.45, 2.75) is 71.4 Å². The van der Waals surface area contributed by atoms with E-state index in [-0.39, 0.29) is 17.6 Å². The van der Waals surface area contributed by atoms with Crippen LogP contribution in [0.3, 0.4) is 0 Å². The summed E-state index contributed by atoms with van der Waals surface area (Å²) in [6, 6.07) is 8.03. The van der Waals surface area contributed by atoms with Crippen LogP contribution >= 0.6 is 11.3 Å². The average Bonchev–Trinajstić information content (AvgIpc) is 3.21. The Morgan fingerprint density at radius 2 is 1.95 bits per heavy atom. The highest BCUT2D eigenvalue weighted by molar-refractivity contribution is 7.18. The fourth-order valence-electron chi connectivity index (χ4n) is 4.38. The first-order valence-electron chi connectivity index (χ1n) is 12.9. The summed E-state index contributed by atoms with van der Waals surface area (Å²) in [7, 11) is 0.0615. The van der Waals surface area contributed by atoms with Crippen molar-refractivity contribution >= 4 is 47.8 Å². The van der Waals surface area contributed by atoms with E-state index in [1.54, 1.807) is 12.1 Å². The normalized spacial score (nSPS) is 18.1. The highest BCUT2D eigenvalue weighted by Crippen LogP contribution is 2.39. The number of anilines is 3. The van der Waals surface area contributed by atoms with Crippen LogP contribution in [0.1, 0.15) is 43.3 Å². The zero-order valence-electron chi connectivity index (χ0n) is 23.4. The Morgan fingerprint density at radius 1 is 1.24 bits per heavy atom. The molecular weight excluding hydrogens is 522 g/mol. The molecule has 2 aromatic rings. The quantitative estimate of drug-likeness (QED) is 0.179. The lowest BCUT2D eigenvalue weighted by molar-refractivity contribution is 0.0130. The van der Waals surface area contributed by atoms with Gasteiger partial charge >= 0.3 is 12.1 Å². The summed E-state index contributed by atoms with van der Waals surface area (Å²) in [5.41, 5.74) is 7.22. The number of hydrogen-bond acceptors (Lipinski definition) is 8. The van der Waals surface area contributed by atoms with Crippen molar-refractivity contribution in [1.82, 2.24) is 4.90 Å². The molecular formula is C27H41N3O6SSi. The fourth-order valence-corrected chi connectivity index (χ4v) is 6.02. The first-order chi connectivity index (χ1) is 17.7. The molecule has 2 atom stereocenters. The van der Waals surface area contributed by atoms with Crippen LogP contribution in [0.25, 0.3) is 0 Å². The Balaban J connectivity index is 1.76. The van der Waals surface area contributed by atoms with Crippen molar-refractivity contribution in [1.29, 1.82) is 0 Å². The van der Waals surface area contributed by atoms with Gasteiger partial charge in [0.2, 0.25) is 0 Å². The van der Waals surface area contributed by atoms with Crippen molar-refractivity contribution in [3.8, 4) is 11.5 Å². The molecule has 0 aliphatic carbocycles. The van der Waals surface area contributed by atoms with Crippen molar-refractivity contribution < 1.29 is 28.9 Å². The maximum atomic E-state index is 12.4. The molecule has 4 N–H and O–H groups in total. The number of methoxy groups -OCH3 is 1. The highest BCUT2D eigenvalue weighted by Gasteiger charge is 2.39. The minimum atomic E-state index is -1.29. The number of piperidine rings is 1. The number of nitrogens with two attached hydrogens (primary N) is 1. The molecule has 1 aliphatic heterocycles. The zero-order chi connectivity index (χ0) is 28.3. The minimum Gasteiger partial charge on any atom is -0.492 e. The highest BCUT2D eigenvalue weighted by atomic mass is 32.1. The van der Waals surface area contributed by atoms with Crippen molar-refractivity contribution in [3.63, 3.8) is 0 Å². The summed E-state index contributed by atoms with van der Waals surface area (Å²) < 4.78 is 17.2. The number of nitrogens with one attached hydrogen (secondary N) is 1. The molecule has 1 saturated heterocycles. The van der Waals surface area contributed by atoms with Gasteiger partial charge in [-0.15, -0.1) is 11.3 Å². The molecule has 210 valence electrons. The summed E-state index contributed by atoms with van der Waals surface area (Å²) in [5, 5.41) is 13.6. The van der Waals surface area contributed by atoms with E-state index < -0.39 is 20.1 Å². The second-order valence-corrected chi connectivity index (χ2v) is 18.6. The summed E-state index contributed by atoms with van der Waals surface area (Å²) in [6.45, 7) is 13.9. The number of rotatable bonds is 9. The van der Waals surface area contributed by atoms with E-state index in [4.69, 9.17) is 19.9 Å². The van der Waals surface area contributed by atoms with Gasteiger partial charge in [0.1, 0.15) is 17.6 Å². The third-order valence-corrected chi connectivity index (χ3v) is 9.28. The number of hydrogen-bond donors (Lipinski definition) is 3. The van der Waals surface area contributed by atoms with Crippen LogP contribution in [0.2, 0.25) is 25.7 Å². The molecule has 1 amide bonds. The molecule has 3 rings (SSSR count). The number of benzene rings is 1. The van der Waals surface area contributed by atoms with Crippen LogP contribution in [0, 0.1) is 5.41 Å². The minimum absolute atomic E-state index is 0.120. The molecule has 2 unspecified atom stereocenters. The van der Waals surface area contributed by atoms with E-state index in [1.807, 2.05) is 32.9 Å². The van der Waals surface area contributed by atoms with Crippen molar-refractivity contribution in [3.05, 3.63) is 29.1 Å². The molecule has 11 heteroatoms. The second-order valence-electron chi connectivity index (χ2n) is 12.0. The Labute approximate surface area is 230 Å². The molecule has 38 heavy (non-hydrogen) atoms. The number of thiophene rings is 1. The zero-order valence-corrected chi connectivity index (χ0v) is 25.2. The van der Waals surface area contributed by atoms with Gasteiger partial charge in [-0.2, -0.15) is 0 Å².